The Labute approximate surface area is 283 Å². The lowest BCUT2D eigenvalue weighted by atomic mass is 9.88. The number of anilines is 1. The number of benzene rings is 3. The Morgan fingerprint density at radius 2 is 1.50 bits per heavy atom. The fourth-order valence-corrected chi connectivity index (χ4v) is 5.75. The van der Waals surface area contributed by atoms with Crippen molar-refractivity contribution in [1.29, 1.82) is 0 Å². The Kier molecular flexibility index (Phi) is 14.0. The quantitative estimate of drug-likeness (QED) is 0.0868. The zero-order chi connectivity index (χ0) is 34.3. The van der Waals surface area contributed by atoms with Crippen LogP contribution in [0.3, 0.4) is 0 Å². The highest BCUT2D eigenvalue weighted by Crippen LogP contribution is 2.30. The summed E-state index contributed by atoms with van der Waals surface area (Å²) in [6, 6.07) is 17.7. The van der Waals surface area contributed by atoms with E-state index in [4.69, 9.17) is 14.2 Å². The molecule has 3 aromatic carbocycles. The van der Waals surface area contributed by atoms with Crippen molar-refractivity contribution < 1.29 is 33.4 Å². The lowest BCUT2D eigenvalue weighted by Gasteiger charge is -2.20. The van der Waals surface area contributed by atoms with Crippen LogP contribution in [-0.4, -0.2) is 43.3 Å². The predicted octanol–water partition coefficient (Wildman–Crippen LogP) is 7.71. The van der Waals surface area contributed by atoms with Gasteiger partial charge in [-0.25, -0.2) is 4.79 Å². The third-order valence-corrected chi connectivity index (χ3v) is 8.66. The SMILES string of the molecule is CCCCCCCOc1ccc(C(=O)Oc2ccc(CC(NC(=O)c3ccc(NC(=O)C4CCCCC4)cc3)C(C)=O)cc2OC)cc1. The van der Waals surface area contributed by atoms with Crippen molar-refractivity contribution in [2.45, 2.75) is 90.5 Å². The average Bonchev–Trinajstić information content (AvgIpc) is 3.10. The van der Waals surface area contributed by atoms with Crippen molar-refractivity contribution in [3.63, 3.8) is 0 Å². The Balaban J connectivity index is 1.30. The molecular formula is C39H48N2O7. The number of rotatable bonds is 17. The number of esters is 1. The maximum Gasteiger partial charge on any atom is 0.343 e. The summed E-state index contributed by atoms with van der Waals surface area (Å²) in [4.78, 5) is 51.0. The molecule has 1 aliphatic carbocycles. The average molecular weight is 657 g/mol. The van der Waals surface area contributed by atoms with E-state index in [2.05, 4.69) is 17.6 Å². The van der Waals surface area contributed by atoms with Gasteiger partial charge in [-0.1, -0.05) is 57.9 Å². The van der Waals surface area contributed by atoms with Gasteiger partial charge < -0.3 is 24.8 Å². The van der Waals surface area contributed by atoms with Crippen LogP contribution in [0.5, 0.6) is 17.2 Å². The molecule has 0 heterocycles. The monoisotopic (exact) mass is 656 g/mol. The maximum atomic E-state index is 13.0. The molecule has 0 radical (unpaired) electrons. The van der Waals surface area contributed by atoms with Gasteiger partial charge in [-0.15, -0.1) is 0 Å². The fourth-order valence-electron chi connectivity index (χ4n) is 5.75. The van der Waals surface area contributed by atoms with Gasteiger partial charge in [0, 0.05) is 17.2 Å². The molecule has 1 atom stereocenters. The van der Waals surface area contributed by atoms with Crippen molar-refractivity contribution >= 4 is 29.3 Å². The number of hydrogen-bond acceptors (Lipinski definition) is 7. The third-order valence-electron chi connectivity index (χ3n) is 8.66. The number of ketones is 1. The number of hydrogen-bond donors (Lipinski definition) is 2. The molecule has 0 spiro atoms. The summed E-state index contributed by atoms with van der Waals surface area (Å²) in [5, 5.41) is 5.76. The second-order valence-electron chi connectivity index (χ2n) is 12.4. The number of unbranched alkanes of at least 4 members (excludes halogenated alkanes) is 4. The van der Waals surface area contributed by atoms with Gasteiger partial charge in [0.25, 0.3) is 5.91 Å². The normalized spacial score (nSPS) is 13.6. The standard InChI is InChI=1S/C39H48N2O7/c1-4-5-6-7-11-24-47-33-21-17-31(18-22-33)39(45)48-35-23-14-28(26-36(35)46-3)25-34(27(2)42)41-38(44)30-15-19-32(20-16-30)40-37(43)29-12-9-8-10-13-29/h14-23,26,29,34H,4-13,24-25H2,1-3H3,(H,40,43)(H,41,44). The van der Waals surface area contributed by atoms with Gasteiger partial charge in [0.1, 0.15) is 5.75 Å². The van der Waals surface area contributed by atoms with Crippen LogP contribution >= 0.6 is 0 Å². The lowest BCUT2D eigenvalue weighted by Crippen LogP contribution is -2.41. The first-order chi connectivity index (χ1) is 23.3. The van der Waals surface area contributed by atoms with E-state index < -0.39 is 17.9 Å². The van der Waals surface area contributed by atoms with E-state index in [-0.39, 0.29) is 29.8 Å². The molecule has 9 heteroatoms. The molecule has 1 fully saturated rings. The molecule has 48 heavy (non-hydrogen) atoms. The summed E-state index contributed by atoms with van der Waals surface area (Å²) in [5.41, 5.74) is 2.09. The van der Waals surface area contributed by atoms with Crippen molar-refractivity contribution in [3.05, 3.63) is 83.4 Å². The zero-order valence-electron chi connectivity index (χ0n) is 28.3. The summed E-state index contributed by atoms with van der Waals surface area (Å²) in [7, 11) is 1.47. The van der Waals surface area contributed by atoms with Gasteiger partial charge in [-0.2, -0.15) is 0 Å². The second-order valence-corrected chi connectivity index (χ2v) is 12.4. The zero-order valence-corrected chi connectivity index (χ0v) is 28.3. The number of amides is 2. The Morgan fingerprint density at radius 1 is 0.812 bits per heavy atom. The molecule has 1 unspecified atom stereocenters. The van der Waals surface area contributed by atoms with E-state index in [0.717, 1.165) is 38.5 Å². The minimum Gasteiger partial charge on any atom is -0.494 e. The third kappa shape index (κ3) is 11.0. The van der Waals surface area contributed by atoms with Crippen LogP contribution in [0.15, 0.2) is 66.7 Å². The summed E-state index contributed by atoms with van der Waals surface area (Å²) < 4.78 is 16.9. The molecular weight excluding hydrogens is 608 g/mol. The number of carbonyl (C=O) groups excluding carboxylic acids is 4. The predicted molar refractivity (Wildman–Crippen MR) is 186 cm³/mol. The first-order valence-electron chi connectivity index (χ1n) is 17.1. The molecule has 2 N–H and O–H groups in total. The molecule has 0 aliphatic heterocycles. The summed E-state index contributed by atoms with van der Waals surface area (Å²) in [6.45, 7) is 4.25. The number of Topliss-reactive ketones (excluding diaryl/α,β-unsaturated/α-hetero) is 1. The van der Waals surface area contributed by atoms with E-state index in [9.17, 15) is 19.2 Å². The first kappa shape index (κ1) is 36.2. The minimum absolute atomic E-state index is 0.0163. The first-order valence-corrected chi connectivity index (χ1v) is 17.1. The van der Waals surface area contributed by atoms with Gasteiger partial charge in [0.2, 0.25) is 5.91 Å². The molecule has 256 valence electrons. The maximum absolute atomic E-state index is 13.0. The van der Waals surface area contributed by atoms with Crippen LogP contribution in [0.2, 0.25) is 0 Å². The number of ether oxygens (including phenoxy) is 3. The van der Waals surface area contributed by atoms with Gasteiger partial charge in [0.05, 0.1) is 25.3 Å². The van der Waals surface area contributed by atoms with Gasteiger partial charge in [-0.05, 0) is 98.8 Å². The van der Waals surface area contributed by atoms with Crippen LogP contribution in [0.4, 0.5) is 5.69 Å². The van der Waals surface area contributed by atoms with Gasteiger partial charge >= 0.3 is 5.97 Å². The summed E-state index contributed by atoms with van der Waals surface area (Å²) >= 11 is 0. The number of methoxy groups -OCH3 is 1. The molecule has 0 bridgehead atoms. The number of carbonyl (C=O) groups is 4. The highest BCUT2D eigenvalue weighted by molar-refractivity contribution is 5.98. The summed E-state index contributed by atoms with van der Waals surface area (Å²) in [5.74, 6) is 0.153. The molecule has 1 aliphatic rings. The van der Waals surface area contributed by atoms with E-state index in [1.165, 1.54) is 39.7 Å². The van der Waals surface area contributed by atoms with Crippen LogP contribution in [0.25, 0.3) is 0 Å². The Bertz CT molecular complexity index is 1510. The topological polar surface area (TPSA) is 120 Å². The Hall–Kier alpha value is -4.66. The van der Waals surface area contributed by atoms with Crippen molar-refractivity contribution in [2.75, 3.05) is 19.0 Å². The molecule has 0 saturated heterocycles. The molecule has 9 nitrogen and oxygen atoms in total. The van der Waals surface area contributed by atoms with E-state index in [0.29, 0.717) is 40.5 Å². The minimum atomic E-state index is -0.793. The van der Waals surface area contributed by atoms with Crippen LogP contribution < -0.4 is 24.8 Å². The molecule has 2 amide bonds. The van der Waals surface area contributed by atoms with Gasteiger partial charge in [-0.3, -0.25) is 14.4 Å². The highest BCUT2D eigenvalue weighted by atomic mass is 16.6. The van der Waals surface area contributed by atoms with Crippen LogP contribution in [-0.2, 0) is 16.0 Å². The van der Waals surface area contributed by atoms with Gasteiger partial charge in [0.15, 0.2) is 17.3 Å². The van der Waals surface area contributed by atoms with E-state index >= 15 is 0 Å². The molecule has 0 aromatic heterocycles. The van der Waals surface area contributed by atoms with Crippen molar-refractivity contribution in [2.24, 2.45) is 5.92 Å². The molecule has 1 saturated carbocycles. The second kappa shape index (κ2) is 18.6. The van der Waals surface area contributed by atoms with E-state index in [1.54, 1.807) is 66.7 Å². The van der Waals surface area contributed by atoms with Crippen molar-refractivity contribution in [3.8, 4) is 17.2 Å². The fraction of sp³-hybridized carbons (Fsp3) is 0.436. The van der Waals surface area contributed by atoms with Crippen molar-refractivity contribution in [1.82, 2.24) is 5.32 Å². The highest BCUT2D eigenvalue weighted by Gasteiger charge is 2.22. The smallest absolute Gasteiger partial charge is 0.343 e. The van der Waals surface area contributed by atoms with E-state index in [1.807, 2.05) is 0 Å². The lowest BCUT2D eigenvalue weighted by molar-refractivity contribution is -0.121. The number of nitrogens with one attached hydrogen (secondary N) is 2. The Morgan fingerprint density at radius 3 is 2.17 bits per heavy atom. The molecule has 4 rings (SSSR count). The molecule has 3 aromatic rings. The largest absolute Gasteiger partial charge is 0.494 e. The van der Waals surface area contributed by atoms with Crippen LogP contribution in [0.1, 0.15) is 104 Å². The van der Waals surface area contributed by atoms with Crippen LogP contribution in [0, 0.1) is 5.92 Å². The summed E-state index contributed by atoms with van der Waals surface area (Å²) in [6.07, 6.45) is 11.1.